The molecule has 1 amide bonds. The summed E-state index contributed by atoms with van der Waals surface area (Å²) in [7, 11) is 0. The molecule has 3 nitrogen and oxygen atoms in total. The molecule has 1 aliphatic heterocycles. The Morgan fingerprint density at radius 2 is 1.93 bits per heavy atom. The van der Waals surface area contributed by atoms with Crippen molar-refractivity contribution in [3.63, 3.8) is 0 Å². The summed E-state index contributed by atoms with van der Waals surface area (Å²) < 4.78 is 14.0. The van der Waals surface area contributed by atoms with Crippen molar-refractivity contribution in [3.8, 4) is 0 Å². The number of halogens is 2. The first-order chi connectivity index (χ1) is 13.6. The molecular formula is C23H26ClFN2O. The standard InChI is InChI=1S/C23H26ClFN2O/c24-19-9-8-18(21(25)14-19)15-27-12-10-17(11-13-27)23(28)26-22-7-3-5-16-4-1-2-6-20(16)22/h1-2,4,6,8-9,14,17,22H,3,5,7,10-13,15H2,(H,26,28)/t22-/m1/s1. The van der Waals surface area contributed by atoms with Crippen molar-refractivity contribution in [2.45, 2.75) is 44.7 Å². The first-order valence-electron chi connectivity index (χ1n) is 10.1. The molecule has 2 aliphatic rings. The van der Waals surface area contributed by atoms with E-state index >= 15 is 0 Å². The van der Waals surface area contributed by atoms with E-state index in [0.29, 0.717) is 17.1 Å². The first-order valence-corrected chi connectivity index (χ1v) is 10.5. The van der Waals surface area contributed by atoms with Crippen molar-refractivity contribution in [1.82, 2.24) is 10.2 Å². The Labute approximate surface area is 170 Å². The summed E-state index contributed by atoms with van der Waals surface area (Å²) in [6.07, 6.45) is 4.86. The summed E-state index contributed by atoms with van der Waals surface area (Å²) in [5, 5.41) is 3.71. The fraction of sp³-hybridized carbons (Fsp3) is 0.435. The molecule has 1 N–H and O–H groups in total. The molecule has 5 heteroatoms. The number of nitrogens with zero attached hydrogens (tertiary/aromatic N) is 1. The number of hydrogen-bond acceptors (Lipinski definition) is 2. The van der Waals surface area contributed by atoms with Crippen molar-refractivity contribution >= 4 is 17.5 Å². The first kappa shape index (κ1) is 19.4. The molecule has 1 aliphatic carbocycles. The van der Waals surface area contributed by atoms with Crippen LogP contribution in [0.2, 0.25) is 5.02 Å². The van der Waals surface area contributed by atoms with Crippen LogP contribution in [-0.4, -0.2) is 23.9 Å². The van der Waals surface area contributed by atoms with Crippen LogP contribution in [0.5, 0.6) is 0 Å². The van der Waals surface area contributed by atoms with E-state index in [1.165, 1.54) is 17.2 Å². The maximum Gasteiger partial charge on any atom is 0.223 e. The summed E-state index contributed by atoms with van der Waals surface area (Å²) in [5.41, 5.74) is 3.29. The number of nitrogens with one attached hydrogen (secondary N) is 1. The molecule has 1 heterocycles. The molecule has 0 saturated carbocycles. The number of amides is 1. The zero-order valence-corrected chi connectivity index (χ0v) is 16.7. The Morgan fingerprint density at radius 1 is 1.14 bits per heavy atom. The van der Waals surface area contributed by atoms with E-state index in [2.05, 4.69) is 34.5 Å². The van der Waals surface area contributed by atoms with E-state index < -0.39 is 0 Å². The molecule has 1 saturated heterocycles. The van der Waals surface area contributed by atoms with Crippen molar-refractivity contribution in [2.75, 3.05) is 13.1 Å². The number of piperidine rings is 1. The van der Waals surface area contributed by atoms with E-state index in [9.17, 15) is 9.18 Å². The average molecular weight is 401 g/mol. The third kappa shape index (κ3) is 4.39. The van der Waals surface area contributed by atoms with Gasteiger partial charge in [0.25, 0.3) is 0 Å². The second-order valence-corrected chi connectivity index (χ2v) is 8.37. The zero-order chi connectivity index (χ0) is 19.5. The Hall–Kier alpha value is -1.91. The molecule has 2 aromatic rings. The second-order valence-electron chi connectivity index (χ2n) is 7.94. The van der Waals surface area contributed by atoms with Crippen LogP contribution in [0.25, 0.3) is 0 Å². The second kappa shape index (κ2) is 8.62. The molecule has 4 rings (SSSR count). The number of hydrogen-bond donors (Lipinski definition) is 1. The van der Waals surface area contributed by atoms with Gasteiger partial charge in [-0.15, -0.1) is 0 Å². The fourth-order valence-corrected chi connectivity index (χ4v) is 4.60. The molecule has 0 bridgehead atoms. The quantitative estimate of drug-likeness (QED) is 0.792. The Morgan fingerprint density at radius 3 is 2.71 bits per heavy atom. The zero-order valence-electron chi connectivity index (χ0n) is 16.0. The van der Waals surface area contributed by atoms with Crippen LogP contribution in [0.4, 0.5) is 4.39 Å². The molecule has 0 spiro atoms. The van der Waals surface area contributed by atoms with Crippen molar-refractivity contribution < 1.29 is 9.18 Å². The van der Waals surface area contributed by atoms with Crippen molar-refractivity contribution in [3.05, 3.63) is 70.0 Å². The topological polar surface area (TPSA) is 32.3 Å². The molecular weight excluding hydrogens is 375 g/mol. The minimum Gasteiger partial charge on any atom is -0.349 e. The summed E-state index contributed by atoms with van der Waals surface area (Å²) in [6.45, 7) is 2.18. The third-order valence-electron chi connectivity index (χ3n) is 6.05. The van der Waals surface area contributed by atoms with Crippen LogP contribution in [0, 0.1) is 11.7 Å². The summed E-state index contributed by atoms with van der Waals surface area (Å²) in [6, 6.07) is 13.4. The van der Waals surface area contributed by atoms with Gasteiger partial charge in [0.2, 0.25) is 5.91 Å². The van der Waals surface area contributed by atoms with Gasteiger partial charge in [-0.3, -0.25) is 9.69 Å². The van der Waals surface area contributed by atoms with Gasteiger partial charge >= 0.3 is 0 Å². The number of aryl methyl sites for hydroxylation is 1. The number of likely N-dealkylation sites (tertiary alicyclic amines) is 1. The number of benzene rings is 2. The molecule has 0 radical (unpaired) electrons. The van der Waals surface area contributed by atoms with Crippen LogP contribution >= 0.6 is 11.6 Å². The van der Waals surface area contributed by atoms with Crippen LogP contribution < -0.4 is 5.32 Å². The predicted octanol–water partition coefficient (Wildman–Crippen LogP) is 4.88. The van der Waals surface area contributed by atoms with E-state index in [4.69, 9.17) is 11.6 Å². The number of rotatable bonds is 4. The molecule has 1 fully saturated rings. The molecule has 0 unspecified atom stereocenters. The SMILES string of the molecule is O=C(N[C@@H]1CCCc2ccccc21)C1CCN(Cc2ccc(Cl)cc2F)CC1. The lowest BCUT2D eigenvalue weighted by molar-refractivity contribution is -0.127. The van der Waals surface area contributed by atoms with E-state index in [-0.39, 0.29) is 23.7 Å². The van der Waals surface area contributed by atoms with Crippen LogP contribution in [0.15, 0.2) is 42.5 Å². The van der Waals surface area contributed by atoms with Crippen molar-refractivity contribution in [2.24, 2.45) is 5.92 Å². The summed E-state index contributed by atoms with van der Waals surface area (Å²) in [4.78, 5) is 15.0. The highest BCUT2D eigenvalue weighted by molar-refractivity contribution is 6.30. The lowest BCUT2D eigenvalue weighted by atomic mass is 9.87. The van der Waals surface area contributed by atoms with E-state index in [1.54, 1.807) is 12.1 Å². The molecule has 1 atom stereocenters. The molecule has 148 valence electrons. The molecule has 2 aromatic carbocycles. The lowest BCUT2D eigenvalue weighted by Gasteiger charge is -2.33. The van der Waals surface area contributed by atoms with Gasteiger partial charge in [0, 0.05) is 23.0 Å². The highest BCUT2D eigenvalue weighted by Crippen LogP contribution is 2.30. The lowest BCUT2D eigenvalue weighted by Crippen LogP contribution is -2.41. The predicted molar refractivity (Wildman–Crippen MR) is 110 cm³/mol. The van der Waals surface area contributed by atoms with Gasteiger partial charge in [0.15, 0.2) is 0 Å². The summed E-state index contributed by atoms with van der Waals surface area (Å²) in [5.74, 6) is -0.0530. The van der Waals surface area contributed by atoms with Crippen molar-refractivity contribution in [1.29, 1.82) is 0 Å². The highest BCUT2D eigenvalue weighted by atomic mass is 35.5. The largest absolute Gasteiger partial charge is 0.349 e. The maximum absolute atomic E-state index is 14.0. The Balaban J connectivity index is 1.31. The number of fused-ring (bicyclic) bond motifs is 1. The van der Waals surface area contributed by atoms with Gasteiger partial charge < -0.3 is 5.32 Å². The average Bonchev–Trinajstić information content (AvgIpc) is 2.71. The van der Waals surface area contributed by atoms with Crippen LogP contribution in [0.3, 0.4) is 0 Å². The summed E-state index contributed by atoms with van der Waals surface area (Å²) >= 11 is 5.83. The monoisotopic (exact) mass is 400 g/mol. The Kier molecular flexibility index (Phi) is 5.98. The fourth-order valence-electron chi connectivity index (χ4n) is 4.44. The normalized spacial score (nSPS) is 20.6. The van der Waals surface area contributed by atoms with Gasteiger partial charge in [-0.1, -0.05) is 41.9 Å². The van der Waals surface area contributed by atoms with Gasteiger partial charge in [-0.25, -0.2) is 4.39 Å². The minimum absolute atomic E-state index is 0.0420. The van der Waals surface area contributed by atoms with Crippen LogP contribution in [-0.2, 0) is 17.8 Å². The third-order valence-corrected chi connectivity index (χ3v) is 6.29. The van der Waals surface area contributed by atoms with E-state index in [0.717, 1.165) is 45.2 Å². The molecule has 28 heavy (non-hydrogen) atoms. The van der Waals surface area contributed by atoms with Gasteiger partial charge in [0.05, 0.1) is 6.04 Å². The maximum atomic E-state index is 14.0. The minimum atomic E-state index is -0.261. The number of carbonyl (C=O) groups excluding carboxylic acids is 1. The number of carbonyl (C=O) groups is 1. The molecule has 0 aromatic heterocycles. The van der Waals surface area contributed by atoms with Gasteiger partial charge in [0.1, 0.15) is 5.82 Å². The van der Waals surface area contributed by atoms with Crippen LogP contribution in [0.1, 0.15) is 48.4 Å². The van der Waals surface area contributed by atoms with Gasteiger partial charge in [-0.05, 0) is 68.5 Å². The van der Waals surface area contributed by atoms with E-state index in [1.807, 2.05) is 0 Å². The Bertz CT molecular complexity index is 848. The smallest absolute Gasteiger partial charge is 0.223 e. The highest BCUT2D eigenvalue weighted by Gasteiger charge is 2.28. The van der Waals surface area contributed by atoms with Gasteiger partial charge in [-0.2, -0.15) is 0 Å².